The van der Waals surface area contributed by atoms with Crippen molar-refractivity contribution in [3.05, 3.63) is 68.6 Å². The lowest BCUT2D eigenvalue weighted by atomic mass is 10.2. The Bertz CT molecular complexity index is 695. The van der Waals surface area contributed by atoms with Gasteiger partial charge in [-0.15, -0.1) is 11.3 Å². The van der Waals surface area contributed by atoms with Crippen molar-refractivity contribution in [1.29, 1.82) is 0 Å². The van der Waals surface area contributed by atoms with Crippen LogP contribution in [-0.2, 0) is 0 Å². The molecule has 0 unspecified atom stereocenters. The van der Waals surface area contributed by atoms with Gasteiger partial charge in [-0.25, -0.2) is 0 Å². The number of hydrogen-bond acceptors (Lipinski definition) is 1. The average molecular weight is 362 g/mol. The smallest absolute Gasteiger partial charge is 0.0359 e. The SMILES string of the molecule is Ic1ccc2cc(/C=C/c3ccccc3)sc2c1. The quantitative estimate of drug-likeness (QED) is 0.515. The van der Waals surface area contributed by atoms with E-state index in [1.54, 1.807) is 0 Å². The fourth-order valence-corrected chi connectivity index (χ4v) is 3.56. The standard InChI is InChI=1S/C16H11IS/c17-14-8-7-13-10-15(18-16(13)11-14)9-6-12-4-2-1-3-5-12/h1-11H/b9-6+. The molecule has 0 saturated carbocycles. The Morgan fingerprint density at radius 3 is 2.56 bits per heavy atom. The first kappa shape index (κ1) is 11.9. The topological polar surface area (TPSA) is 0 Å². The lowest BCUT2D eigenvalue weighted by Gasteiger charge is -1.89. The molecule has 2 heteroatoms. The first-order chi connectivity index (χ1) is 8.81. The average Bonchev–Trinajstić information content (AvgIpc) is 2.79. The Balaban J connectivity index is 1.93. The second kappa shape index (κ2) is 5.24. The summed E-state index contributed by atoms with van der Waals surface area (Å²) in [6, 6.07) is 19.2. The van der Waals surface area contributed by atoms with Gasteiger partial charge in [-0.05, 0) is 57.8 Å². The number of halogens is 1. The maximum atomic E-state index is 2.36. The number of hydrogen-bond donors (Lipinski definition) is 0. The van der Waals surface area contributed by atoms with Gasteiger partial charge in [0.25, 0.3) is 0 Å². The molecule has 0 radical (unpaired) electrons. The Morgan fingerprint density at radius 1 is 0.889 bits per heavy atom. The van der Waals surface area contributed by atoms with Crippen LogP contribution in [0.3, 0.4) is 0 Å². The van der Waals surface area contributed by atoms with Gasteiger partial charge in [0.15, 0.2) is 0 Å². The van der Waals surface area contributed by atoms with Gasteiger partial charge in [0, 0.05) is 13.1 Å². The van der Waals surface area contributed by atoms with E-state index in [0.717, 1.165) is 0 Å². The summed E-state index contributed by atoms with van der Waals surface area (Å²) in [5.74, 6) is 0. The number of rotatable bonds is 2. The van der Waals surface area contributed by atoms with Crippen molar-refractivity contribution in [3.63, 3.8) is 0 Å². The summed E-state index contributed by atoms with van der Waals surface area (Å²) >= 11 is 4.20. The molecule has 88 valence electrons. The zero-order chi connectivity index (χ0) is 12.4. The van der Waals surface area contributed by atoms with Crippen molar-refractivity contribution in [1.82, 2.24) is 0 Å². The van der Waals surface area contributed by atoms with Gasteiger partial charge in [0.05, 0.1) is 0 Å². The molecule has 0 aliphatic heterocycles. The third-order valence-corrected chi connectivity index (χ3v) is 4.47. The summed E-state index contributed by atoms with van der Waals surface area (Å²) in [7, 11) is 0. The maximum absolute atomic E-state index is 2.36. The van der Waals surface area contributed by atoms with Crippen LogP contribution >= 0.6 is 33.9 Å². The fraction of sp³-hybridized carbons (Fsp3) is 0. The zero-order valence-electron chi connectivity index (χ0n) is 9.64. The highest BCUT2D eigenvalue weighted by molar-refractivity contribution is 14.1. The molecule has 0 aliphatic rings. The predicted molar refractivity (Wildman–Crippen MR) is 89.9 cm³/mol. The molecule has 2 aromatic carbocycles. The van der Waals surface area contributed by atoms with Gasteiger partial charge >= 0.3 is 0 Å². The van der Waals surface area contributed by atoms with Crippen LogP contribution in [0.1, 0.15) is 10.4 Å². The van der Waals surface area contributed by atoms with Crippen LogP contribution in [0.15, 0.2) is 54.6 Å². The van der Waals surface area contributed by atoms with E-state index in [1.165, 1.54) is 24.1 Å². The van der Waals surface area contributed by atoms with Crippen LogP contribution in [0.5, 0.6) is 0 Å². The first-order valence-electron chi connectivity index (χ1n) is 5.73. The van der Waals surface area contributed by atoms with Gasteiger partial charge < -0.3 is 0 Å². The van der Waals surface area contributed by atoms with Crippen molar-refractivity contribution in [2.75, 3.05) is 0 Å². The van der Waals surface area contributed by atoms with Crippen LogP contribution in [0.4, 0.5) is 0 Å². The second-order valence-electron chi connectivity index (χ2n) is 4.07. The van der Waals surface area contributed by atoms with Crippen molar-refractivity contribution in [3.8, 4) is 0 Å². The maximum Gasteiger partial charge on any atom is 0.0359 e. The molecule has 1 aromatic heterocycles. The van der Waals surface area contributed by atoms with Crippen LogP contribution in [0, 0.1) is 3.57 Å². The molecule has 0 fully saturated rings. The minimum atomic E-state index is 1.24. The number of thiophene rings is 1. The summed E-state index contributed by atoms with van der Waals surface area (Å²) < 4.78 is 2.65. The molecule has 3 aromatic rings. The summed E-state index contributed by atoms with van der Waals surface area (Å²) in [6.45, 7) is 0. The van der Waals surface area contributed by atoms with Crippen LogP contribution in [0.25, 0.3) is 22.2 Å². The lowest BCUT2D eigenvalue weighted by Crippen LogP contribution is -1.67. The van der Waals surface area contributed by atoms with Gasteiger partial charge in [0.1, 0.15) is 0 Å². The second-order valence-corrected chi connectivity index (χ2v) is 6.44. The van der Waals surface area contributed by atoms with E-state index in [1.807, 2.05) is 17.4 Å². The number of benzene rings is 2. The lowest BCUT2D eigenvalue weighted by molar-refractivity contribution is 1.67. The molecule has 0 amide bonds. The molecule has 18 heavy (non-hydrogen) atoms. The predicted octanol–water partition coefficient (Wildman–Crippen LogP) is 5.68. The van der Waals surface area contributed by atoms with E-state index in [-0.39, 0.29) is 0 Å². The number of fused-ring (bicyclic) bond motifs is 1. The monoisotopic (exact) mass is 362 g/mol. The molecule has 0 bridgehead atoms. The molecule has 0 aliphatic carbocycles. The van der Waals surface area contributed by atoms with E-state index in [0.29, 0.717) is 0 Å². The summed E-state index contributed by atoms with van der Waals surface area (Å²) in [5.41, 5.74) is 1.24. The van der Waals surface area contributed by atoms with E-state index < -0.39 is 0 Å². The van der Waals surface area contributed by atoms with Crippen molar-refractivity contribution >= 4 is 56.2 Å². The van der Waals surface area contributed by atoms with E-state index >= 15 is 0 Å². The molecule has 0 atom stereocenters. The summed E-state index contributed by atoms with van der Waals surface area (Å²) in [4.78, 5) is 1.30. The molecule has 0 N–H and O–H groups in total. The Kier molecular flexibility index (Phi) is 3.48. The third kappa shape index (κ3) is 2.65. The summed E-state index contributed by atoms with van der Waals surface area (Å²) in [5, 5.41) is 1.33. The molecule has 0 saturated heterocycles. The molecule has 3 rings (SSSR count). The molecular formula is C16H11IS. The molecule has 1 heterocycles. The van der Waals surface area contributed by atoms with Crippen molar-refractivity contribution in [2.24, 2.45) is 0 Å². The zero-order valence-corrected chi connectivity index (χ0v) is 12.6. The van der Waals surface area contributed by atoms with Crippen molar-refractivity contribution < 1.29 is 0 Å². The highest BCUT2D eigenvalue weighted by atomic mass is 127. The Labute approximate surface area is 124 Å². The van der Waals surface area contributed by atoms with Crippen LogP contribution in [0.2, 0.25) is 0 Å². The Hall–Kier alpha value is -1.13. The normalized spacial score (nSPS) is 11.4. The largest absolute Gasteiger partial charge is 0.136 e. The van der Waals surface area contributed by atoms with Crippen LogP contribution < -0.4 is 0 Å². The van der Waals surface area contributed by atoms with Gasteiger partial charge in [0.2, 0.25) is 0 Å². The first-order valence-corrected chi connectivity index (χ1v) is 7.63. The third-order valence-electron chi connectivity index (χ3n) is 2.74. The summed E-state index contributed by atoms with van der Waals surface area (Å²) in [6.07, 6.45) is 4.35. The highest BCUT2D eigenvalue weighted by Gasteiger charge is 1.99. The highest BCUT2D eigenvalue weighted by Crippen LogP contribution is 2.28. The van der Waals surface area contributed by atoms with E-state index in [9.17, 15) is 0 Å². The van der Waals surface area contributed by atoms with E-state index in [4.69, 9.17) is 0 Å². The van der Waals surface area contributed by atoms with Gasteiger partial charge in [-0.2, -0.15) is 0 Å². The van der Waals surface area contributed by atoms with Crippen molar-refractivity contribution in [2.45, 2.75) is 0 Å². The minimum Gasteiger partial charge on any atom is -0.136 e. The molecule has 0 nitrogen and oxygen atoms in total. The van der Waals surface area contributed by atoms with E-state index in [2.05, 4.69) is 83.3 Å². The van der Waals surface area contributed by atoms with Crippen LogP contribution in [-0.4, -0.2) is 0 Å². The minimum absolute atomic E-state index is 1.24. The molecule has 0 spiro atoms. The van der Waals surface area contributed by atoms with Gasteiger partial charge in [-0.3, -0.25) is 0 Å². The fourth-order valence-electron chi connectivity index (χ4n) is 1.85. The molecular weight excluding hydrogens is 351 g/mol. The Morgan fingerprint density at radius 2 is 1.72 bits per heavy atom. The van der Waals surface area contributed by atoms with Gasteiger partial charge in [-0.1, -0.05) is 42.5 Å².